The number of aryl methyl sites for hydroxylation is 2. The molecule has 1 N–H and O–H groups in total. The Labute approximate surface area is 164 Å². The summed E-state index contributed by atoms with van der Waals surface area (Å²) in [5.74, 6) is -0.310. The lowest BCUT2D eigenvalue weighted by Gasteiger charge is -2.15. The molecule has 0 aliphatic carbocycles. The Morgan fingerprint density at radius 1 is 1.04 bits per heavy atom. The monoisotopic (exact) mass is 376 g/mol. The third kappa shape index (κ3) is 3.65. The maximum Gasteiger partial charge on any atom is 0.355 e. The summed E-state index contributed by atoms with van der Waals surface area (Å²) in [6.45, 7) is 5.90. The molecule has 2 heterocycles. The number of aromatic nitrogens is 1. The van der Waals surface area contributed by atoms with Crippen LogP contribution in [0.25, 0.3) is 10.9 Å². The summed E-state index contributed by atoms with van der Waals surface area (Å²) in [6.07, 6.45) is 2.15. The topological polar surface area (TPSA) is 62.4 Å². The number of amides is 1. The Balaban J connectivity index is 1.40. The second-order valence-corrected chi connectivity index (χ2v) is 7.50. The summed E-state index contributed by atoms with van der Waals surface area (Å²) >= 11 is 0. The van der Waals surface area contributed by atoms with Crippen LogP contribution < -0.4 is 0 Å². The van der Waals surface area contributed by atoms with Crippen molar-refractivity contribution in [3.8, 4) is 0 Å². The van der Waals surface area contributed by atoms with E-state index in [0.29, 0.717) is 11.3 Å². The number of H-pyrrole nitrogens is 1. The van der Waals surface area contributed by atoms with Gasteiger partial charge in [-0.25, -0.2) is 4.79 Å². The molecule has 5 nitrogen and oxygen atoms in total. The van der Waals surface area contributed by atoms with E-state index in [9.17, 15) is 9.59 Å². The summed E-state index contributed by atoms with van der Waals surface area (Å²) in [4.78, 5) is 29.8. The lowest BCUT2D eigenvalue weighted by Crippen LogP contribution is -2.27. The predicted molar refractivity (Wildman–Crippen MR) is 108 cm³/mol. The fraction of sp³-hybridized carbons (Fsp3) is 0.304. The number of esters is 1. The first-order chi connectivity index (χ1) is 13.5. The molecular formula is C23H24N2O3. The largest absolute Gasteiger partial charge is 0.456 e. The van der Waals surface area contributed by atoms with Crippen LogP contribution in [0.4, 0.5) is 0 Å². The van der Waals surface area contributed by atoms with Gasteiger partial charge in [-0.2, -0.15) is 0 Å². The smallest absolute Gasteiger partial charge is 0.355 e. The highest BCUT2D eigenvalue weighted by atomic mass is 16.5. The van der Waals surface area contributed by atoms with Gasteiger partial charge in [-0.05, 0) is 67.6 Å². The number of carbonyl (C=O) groups is 2. The average Bonchev–Trinajstić information content (AvgIpc) is 3.36. The first-order valence-electron chi connectivity index (χ1n) is 9.66. The normalized spacial score (nSPS) is 13.9. The maximum atomic E-state index is 12.4. The van der Waals surface area contributed by atoms with E-state index in [-0.39, 0.29) is 18.5 Å². The van der Waals surface area contributed by atoms with E-state index < -0.39 is 0 Å². The molecule has 28 heavy (non-hydrogen) atoms. The van der Waals surface area contributed by atoms with Crippen LogP contribution in [0.1, 0.15) is 50.4 Å². The molecule has 144 valence electrons. The van der Waals surface area contributed by atoms with E-state index in [1.807, 2.05) is 43.0 Å². The molecule has 2 aromatic carbocycles. The van der Waals surface area contributed by atoms with Gasteiger partial charge in [0.1, 0.15) is 12.3 Å². The summed E-state index contributed by atoms with van der Waals surface area (Å²) in [6, 6.07) is 13.2. The van der Waals surface area contributed by atoms with Gasteiger partial charge in [0.2, 0.25) is 0 Å². The zero-order valence-electron chi connectivity index (χ0n) is 16.2. The first kappa shape index (κ1) is 18.3. The van der Waals surface area contributed by atoms with Gasteiger partial charge in [0.15, 0.2) is 0 Å². The highest BCUT2D eigenvalue weighted by Crippen LogP contribution is 2.22. The van der Waals surface area contributed by atoms with Gasteiger partial charge in [0.25, 0.3) is 5.91 Å². The van der Waals surface area contributed by atoms with E-state index in [1.165, 1.54) is 0 Å². The molecule has 1 aliphatic heterocycles. The molecule has 5 heteroatoms. The van der Waals surface area contributed by atoms with E-state index in [1.54, 1.807) is 12.1 Å². The lowest BCUT2D eigenvalue weighted by molar-refractivity contribution is 0.0466. The molecule has 4 rings (SSSR count). The molecule has 1 fully saturated rings. The van der Waals surface area contributed by atoms with E-state index in [2.05, 4.69) is 11.1 Å². The van der Waals surface area contributed by atoms with Crippen LogP contribution in [-0.4, -0.2) is 34.8 Å². The van der Waals surface area contributed by atoms with Crippen molar-refractivity contribution in [1.29, 1.82) is 0 Å². The zero-order valence-corrected chi connectivity index (χ0v) is 16.2. The minimum absolute atomic E-state index is 0.0739. The number of aromatic amines is 1. The van der Waals surface area contributed by atoms with E-state index in [4.69, 9.17) is 4.74 Å². The van der Waals surface area contributed by atoms with Crippen molar-refractivity contribution < 1.29 is 14.3 Å². The number of carbonyl (C=O) groups excluding carboxylic acids is 2. The number of likely N-dealkylation sites (tertiary alicyclic amines) is 1. The molecule has 0 spiro atoms. The maximum absolute atomic E-state index is 12.4. The van der Waals surface area contributed by atoms with Crippen LogP contribution in [-0.2, 0) is 11.3 Å². The van der Waals surface area contributed by atoms with Crippen molar-refractivity contribution in [2.75, 3.05) is 13.1 Å². The number of rotatable bonds is 4. The number of nitrogens with zero attached hydrogens (tertiary/aromatic N) is 1. The van der Waals surface area contributed by atoms with Crippen LogP contribution in [0.15, 0.2) is 42.5 Å². The second kappa shape index (κ2) is 7.50. The molecule has 0 atom stereocenters. The van der Waals surface area contributed by atoms with E-state index >= 15 is 0 Å². The van der Waals surface area contributed by atoms with Crippen molar-refractivity contribution >= 4 is 22.8 Å². The summed E-state index contributed by atoms with van der Waals surface area (Å²) in [5, 5.41) is 1.03. The van der Waals surface area contributed by atoms with Crippen LogP contribution in [0.2, 0.25) is 0 Å². The predicted octanol–water partition coefficient (Wildman–Crippen LogP) is 4.38. The number of hydrogen-bond acceptors (Lipinski definition) is 3. The van der Waals surface area contributed by atoms with Gasteiger partial charge in [0, 0.05) is 29.6 Å². The van der Waals surface area contributed by atoms with Gasteiger partial charge in [-0.3, -0.25) is 4.79 Å². The van der Waals surface area contributed by atoms with Crippen molar-refractivity contribution in [2.24, 2.45) is 0 Å². The van der Waals surface area contributed by atoms with Crippen molar-refractivity contribution in [2.45, 2.75) is 33.3 Å². The molecule has 0 bridgehead atoms. The van der Waals surface area contributed by atoms with Crippen LogP contribution in [0.5, 0.6) is 0 Å². The highest BCUT2D eigenvalue weighted by Gasteiger charge is 2.19. The molecule has 3 aromatic rings. The molecule has 1 amide bonds. The third-order valence-electron chi connectivity index (χ3n) is 5.27. The summed E-state index contributed by atoms with van der Waals surface area (Å²) in [5.41, 5.74) is 5.20. The highest BCUT2D eigenvalue weighted by molar-refractivity contribution is 5.96. The van der Waals surface area contributed by atoms with Crippen molar-refractivity contribution in [3.63, 3.8) is 0 Å². The van der Waals surface area contributed by atoms with Gasteiger partial charge >= 0.3 is 5.97 Å². The molecule has 1 aromatic heterocycles. The van der Waals surface area contributed by atoms with Crippen molar-refractivity contribution in [1.82, 2.24) is 9.88 Å². The lowest BCUT2D eigenvalue weighted by atomic mass is 10.1. The van der Waals surface area contributed by atoms with Crippen LogP contribution >= 0.6 is 0 Å². The van der Waals surface area contributed by atoms with E-state index in [0.717, 1.165) is 53.5 Å². The van der Waals surface area contributed by atoms with Crippen LogP contribution in [0.3, 0.4) is 0 Å². The minimum atomic E-state index is -0.384. The quantitative estimate of drug-likeness (QED) is 0.688. The van der Waals surface area contributed by atoms with Gasteiger partial charge in [-0.15, -0.1) is 0 Å². The molecule has 0 radical (unpaired) electrons. The van der Waals surface area contributed by atoms with Gasteiger partial charge in [-0.1, -0.05) is 18.2 Å². The molecule has 0 unspecified atom stereocenters. The number of hydrogen-bond donors (Lipinski definition) is 1. The zero-order chi connectivity index (χ0) is 19.7. The van der Waals surface area contributed by atoms with Gasteiger partial charge in [0.05, 0.1) is 0 Å². The minimum Gasteiger partial charge on any atom is -0.456 e. The van der Waals surface area contributed by atoms with Gasteiger partial charge < -0.3 is 14.6 Å². The number of benzene rings is 2. The third-order valence-corrected chi connectivity index (χ3v) is 5.27. The Kier molecular flexibility index (Phi) is 4.90. The molecular weight excluding hydrogens is 352 g/mol. The second-order valence-electron chi connectivity index (χ2n) is 7.50. The standard InChI is InChI=1S/C23H24N2O3/c1-15-11-16(2)19-13-21(24-20(19)12-15)23(27)28-14-17-5-7-18(8-6-17)22(26)25-9-3-4-10-25/h5-8,11-13,24H,3-4,9-10,14H2,1-2H3. The Morgan fingerprint density at radius 2 is 1.75 bits per heavy atom. The fourth-order valence-electron chi connectivity index (χ4n) is 3.78. The Hall–Kier alpha value is -3.08. The Morgan fingerprint density at radius 3 is 2.46 bits per heavy atom. The number of ether oxygens (including phenoxy) is 1. The Bertz CT molecular complexity index is 1030. The van der Waals surface area contributed by atoms with Crippen molar-refractivity contribution in [3.05, 3.63) is 70.4 Å². The fourth-order valence-corrected chi connectivity index (χ4v) is 3.78. The summed E-state index contributed by atoms with van der Waals surface area (Å²) in [7, 11) is 0. The molecule has 1 saturated heterocycles. The SMILES string of the molecule is Cc1cc(C)c2cc(C(=O)OCc3ccc(C(=O)N4CCCC4)cc3)[nH]c2c1. The first-order valence-corrected chi connectivity index (χ1v) is 9.66. The number of fused-ring (bicyclic) bond motifs is 1. The number of nitrogens with one attached hydrogen (secondary N) is 1. The molecule has 1 aliphatic rings. The molecule has 0 saturated carbocycles. The average molecular weight is 376 g/mol. The summed E-state index contributed by atoms with van der Waals surface area (Å²) < 4.78 is 5.45. The van der Waals surface area contributed by atoms with Crippen LogP contribution in [0, 0.1) is 13.8 Å².